The van der Waals surface area contributed by atoms with Crippen LogP contribution in [0.3, 0.4) is 0 Å². The molecule has 0 amide bonds. The molecule has 30 heavy (non-hydrogen) atoms. The van der Waals surface area contributed by atoms with Gasteiger partial charge in [0.2, 0.25) is 0 Å². The van der Waals surface area contributed by atoms with Crippen molar-refractivity contribution in [3.05, 3.63) is 41.7 Å². The summed E-state index contributed by atoms with van der Waals surface area (Å²) < 4.78 is 18.7. The van der Waals surface area contributed by atoms with Gasteiger partial charge in [-0.2, -0.15) is 0 Å². The van der Waals surface area contributed by atoms with Gasteiger partial charge in [-0.05, 0) is 44.2 Å². The highest BCUT2D eigenvalue weighted by Gasteiger charge is 2.38. The first kappa shape index (κ1) is 22.0. The van der Waals surface area contributed by atoms with Crippen molar-refractivity contribution in [2.45, 2.75) is 13.8 Å². The second-order valence-electron chi connectivity index (χ2n) is 8.18. The van der Waals surface area contributed by atoms with Crippen LogP contribution in [-0.2, 0) is 21.3 Å². The Balaban J connectivity index is 1.78. The van der Waals surface area contributed by atoms with Crippen molar-refractivity contribution in [2.75, 3.05) is 71.6 Å². The summed E-state index contributed by atoms with van der Waals surface area (Å²) >= 11 is 6.61. The SMILES string of the molecule is Cc1cc(P(=S)(N2CCOCC2)N2CCOCC2)c(C)n1-c1ccc(N(C)C)cc1. The highest BCUT2D eigenvalue weighted by molar-refractivity contribution is 8.15. The highest BCUT2D eigenvalue weighted by atomic mass is 32.4. The number of aryl methyl sites for hydroxylation is 1. The number of hydrogen-bond acceptors (Lipinski definition) is 4. The van der Waals surface area contributed by atoms with Crippen LogP contribution in [0, 0.1) is 13.8 Å². The third kappa shape index (κ3) is 3.99. The van der Waals surface area contributed by atoms with Gasteiger partial charge in [-0.3, -0.25) is 9.34 Å². The Morgan fingerprint density at radius 1 is 0.867 bits per heavy atom. The fourth-order valence-corrected chi connectivity index (χ4v) is 9.26. The van der Waals surface area contributed by atoms with E-state index >= 15 is 0 Å². The van der Waals surface area contributed by atoms with Crippen LogP contribution in [0.1, 0.15) is 11.4 Å². The maximum Gasteiger partial charge on any atom is 0.109 e. The lowest BCUT2D eigenvalue weighted by atomic mass is 10.2. The summed E-state index contributed by atoms with van der Waals surface area (Å²) in [5, 5.41) is 1.32. The lowest BCUT2D eigenvalue weighted by Crippen LogP contribution is -2.46. The summed E-state index contributed by atoms with van der Waals surface area (Å²) in [6.07, 6.45) is -2.10. The van der Waals surface area contributed by atoms with E-state index in [9.17, 15) is 0 Å². The van der Waals surface area contributed by atoms with Gasteiger partial charge in [0.25, 0.3) is 0 Å². The van der Waals surface area contributed by atoms with E-state index in [0.29, 0.717) is 0 Å². The van der Waals surface area contributed by atoms with Crippen LogP contribution in [0.4, 0.5) is 5.69 Å². The molecule has 1 aromatic carbocycles. The molecule has 0 aliphatic carbocycles. The summed E-state index contributed by atoms with van der Waals surface area (Å²) in [6.45, 7) is 11.0. The number of ether oxygens (including phenoxy) is 2. The lowest BCUT2D eigenvalue weighted by molar-refractivity contribution is 0.0589. The number of morpholine rings is 2. The number of aromatic nitrogens is 1. The Morgan fingerprint density at radius 2 is 1.37 bits per heavy atom. The summed E-state index contributed by atoms with van der Waals surface area (Å²) in [4.78, 5) is 2.13. The van der Waals surface area contributed by atoms with Gasteiger partial charge in [-0.25, -0.2) is 0 Å². The van der Waals surface area contributed by atoms with E-state index in [2.05, 4.69) is 77.1 Å². The zero-order chi connectivity index (χ0) is 21.3. The normalized spacial score (nSPS) is 19.2. The average Bonchev–Trinajstić information content (AvgIpc) is 3.08. The molecule has 0 bridgehead atoms. The topological polar surface area (TPSA) is 33.1 Å². The molecular weight excluding hydrogens is 415 g/mol. The van der Waals surface area contributed by atoms with Crippen LogP contribution in [-0.4, -0.2) is 80.6 Å². The molecule has 0 spiro atoms. The Kier molecular flexibility index (Phi) is 6.68. The van der Waals surface area contributed by atoms with Crippen molar-refractivity contribution in [1.82, 2.24) is 13.9 Å². The lowest BCUT2D eigenvalue weighted by Gasteiger charge is -2.45. The summed E-state index contributed by atoms with van der Waals surface area (Å²) in [6, 6.07) is 11.1. The summed E-state index contributed by atoms with van der Waals surface area (Å²) in [5.74, 6) is 0. The zero-order valence-corrected chi connectivity index (χ0v) is 20.2. The minimum Gasteiger partial charge on any atom is -0.379 e. The second-order valence-corrected chi connectivity index (χ2v) is 12.4. The van der Waals surface area contributed by atoms with Crippen molar-refractivity contribution in [1.29, 1.82) is 0 Å². The van der Waals surface area contributed by atoms with E-state index in [-0.39, 0.29) is 0 Å². The van der Waals surface area contributed by atoms with Gasteiger partial charge in [0, 0.05) is 68.3 Å². The molecule has 0 unspecified atom stereocenters. The summed E-state index contributed by atoms with van der Waals surface area (Å²) in [5.41, 5.74) is 4.88. The molecule has 0 N–H and O–H groups in total. The number of nitrogens with zero attached hydrogens (tertiary/aromatic N) is 4. The van der Waals surface area contributed by atoms with Gasteiger partial charge in [0.05, 0.1) is 26.4 Å². The standard InChI is InChI=1S/C22H33N4O2PS/c1-18-17-22(19(2)26(18)21-7-5-20(6-8-21)23(3)4)29(30,24-9-13-27-14-10-24)25-11-15-28-16-12-25/h5-8,17H,9-16H2,1-4H3. The number of rotatable bonds is 5. The molecule has 164 valence electrons. The third-order valence-electron chi connectivity index (χ3n) is 6.08. The molecule has 0 radical (unpaired) electrons. The fourth-order valence-electron chi connectivity index (χ4n) is 4.47. The summed E-state index contributed by atoms with van der Waals surface area (Å²) in [7, 11) is 4.14. The van der Waals surface area contributed by atoms with Gasteiger partial charge in [0.15, 0.2) is 0 Å². The Bertz CT molecular complexity index is 894. The Morgan fingerprint density at radius 3 is 1.83 bits per heavy atom. The maximum absolute atomic E-state index is 6.61. The van der Waals surface area contributed by atoms with Crippen LogP contribution >= 0.6 is 6.34 Å². The quantitative estimate of drug-likeness (QED) is 0.655. The molecule has 2 aromatic rings. The molecule has 0 atom stereocenters. The molecule has 3 heterocycles. The fraction of sp³-hybridized carbons (Fsp3) is 0.545. The van der Waals surface area contributed by atoms with Crippen LogP contribution < -0.4 is 10.2 Å². The Hall–Kier alpha value is -1.21. The molecule has 2 fully saturated rings. The van der Waals surface area contributed by atoms with Crippen molar-refractivity contribution >= 4 is 29.1 Å². The van der Waals surface area contributed by atoms with E-state index < -0.39 is 6.34 Å². The van der Waals surface area contributed by atoms with Crippen molar-refractivity contribution in [3.8, 4) is 5.69 Å². The molecule has 2 aliphatic rings. The Labute approximate surface area is 185 Å². The molecule has 2 saturated heterocycles. The van der Waals surface area contributed by atoms with Crippen LogP contribution in [0.5, 0.6) is 0 Å². The molecule has 0 saturated carbocycles. The average molecular weight is 449 g/mol. The zero-order valence-electron chi connectivity index (χ0n) is 18.5. The van der Waals surface area contributed by atoms with E-state index in [1.165, 1.54) is 28.1 Å². The first-order valence-corrected chi connectivity index (χ1v) is 13.4. The van der Waals surface area contributed by atoms with Gasteiger partial charge in [0.1, 0.15) is 6.34 Å². The number of anilines is 1. The minimum absolute atomic E-state index is 0.757. The van der Waals surface area contributed by atoms with E-state index in [4.69, 9.17) is 21.3 Å². The van der Waals surface area contributed by atoms with Gasteiger partial charge in [-0.1, -0.05) is 11.8 Å². The first-order chi connectivity index (χ1) is 14.4. The van der Waals surface area contributed by atoms with Gasteiger partial charge >= 0.3 is 0 Å². The van der Waals surface area contributed by atoms with Crippen molar-refractivity contribution in [3.63, 3.8) is 0 Å². The van der Waals surface area contributed by atoms with Gasteiger partial charge < -0.3 is 18.9 Å². The van der Waals surface area contributed by atoms with Crippen molar-refractivity contribution < 1.29 is 9.47 Å². The second kappa shape index (κ2) is 9.11. The van der Waals surface area contributed by atoms with Crippen LogP contribution in [0.15, 0.2) is 30.3 Å². The highest BCUT2D eigenvalue weighted by Crippen LogP contribution is 2.54. The van der Waals surface area contributed by atoms with Crippen molar-refractivity contribution in [2.24, 2.45) is 0 Å². The molecular formula is C22H33N4O2PS. The van der Waals surface area contributed by atoms with E-state index in [1.54, 1.807) is 0 Å². The van der Waals surface area contributed by atoms with E-state index in [0.717, 1.165) is 52.6 Å². The van der Waals surface area contributed by atoms with E-state index in [1.807, 2.05) is 0 Å². The molecule has 2 aliphatic heterocycles. The maximum atomic E-state index is 6.61. The van der Waals surface area contributed by atoms with Crippen LogP contribution in [0.25, 0.3) is 5.69 Å². The predicted molar refractivity (Wildman–Crippen MR) is 128 cm³/mol. The largest absolute Gasteiger partial charge is 0.379 e. The third-order valence-corrected chi connectivity index (χ3v) is 11.5. The minimum atomic E-state index is -2.10. The predicted octanol–water partition coefficient (Wildman–Crippen LogP) is 2.76. The molecule has 6 nitrogen and oxygen atoms in total. The first-order valence-electron chi connectivity index (χ1n) is 10.7. The molecule has 4 rings (SSSR count). The number of benzene rings is 1. The smallest absolute Gasteiger partial charge is 0.109 e. The molecule has 1 aromatic heterocycles. The molecule has 8 heteroatoms. The monoisotopic (exact) mass is 448 g/mol. The number of hydrogen-bond donors (Lipinski definition) is 0. The van der Waals surface area contributed by atoms with Crippen LogP contribution in [0.2, 0.25) is 0 Å². The van der Waals surface area contributed by atoms with Gasteiger partial charge in [-0.15, -0.1) is 0 Å².